The van der Waals surface area contributed by atoms with E-state index in [0.29, 0.717) is 17.9 Å². The van der Waals surface area contributed by atoms with Crippen molar-refractivity contribution in [1.82, 2.24) is 0 Å². The van der Waals surface area contributed by atoms with Gasteiger partial charge in [-0.05, 0) is 24.1 Å². The zero-order valence-corrected chi connectivity index (χ0v) is 9.69. The number of methoxy groups -OCH3 is 2. The second kappa shape index (κ2) is 5.39. The Balaban J connectivity index is 2.86. The molecule has 0 heterocycles. The molecule has 0 aliphatic rings. The zero-order valence-electron chi connectivity index (χ0n) is 9.69. The fourth-order valence-electron chi connectivity index (χ4n) is 1.45. The van der Waals surface area contributed by atoms with Gasteiger partial charge in [0.15, 0.2) is 11.5 Å². The SMILES string of the molecule is COc1ccc(C[C@@H](C)C(=O)O)cc1OC. The van der Waals surface area contributed by atoms with Crippen LogP contribution in [-0.2, 0) is 11.2 Å². The topological polar surface area (TPSA) is 55.8 Å². The van der Waals surface area contributed by atoms with Crippen LogP contribution in [0.5, 0.6) is 11.5 Å². The normalized spacial score (nSPS) is 11.9. The molecule has 0 amide bonds. The molecule has 0 aliphatic heterocycles. The van der Waals surface area contributed by atoms with Crippen LogP contribution < -0.4 is 9.47 Å². The Morgan fingerprint density at radius 3 is 2.44 bits per heavy atom. The molecule has 0 spiro atoms. The summed E-state index contributed by atoms with van der Waals surface area (Å²) in [5, 5.41) is 8.81. The van der Waals surface area contributed by atoms with E-state index >= 15 is 0 Å². The molecule has 0 unspecified atom stereocenters. The van der Waals surface area contributed by atoms with Crippen LogP contribution in [0, 0.1) is 5.92 Å². The fraction of sp³-hybridized carbons (Fsp3) is 0.417. The molecule has 1 aromatic carbocycles. The van der Waals surface area contributed by atoms with Gasteiger partial charge in [-0.15, -0.1) is 0 Å². The molecule has 16 heavy (non-hydrogen) atoms. The first-order valence-corrected chi connectivity index (χ1v) is 5.02. The molecule has 0 radical (unpaired) electrons. The molecular formula is C12H16O4. The maximum absolute atomic E-state index is 10.7. The third-order valence-electron chi connectivity index (χ3n) is 2.41. The monoisotopic (exact) mass is 224 g/mol. The number of aliphatic carboxylic acids is 1. The van der Waals surface area contributed by atoms with E-state index in [0.717, 1.165) is 5.56 Å². The van der Waals surface area contributed by atoms with E-state index in [9.17, 15) is 4.79 Å². The largest absolute Gasteiger partial charge is 0.493 e. The Morgan fingerprint density at radius 2 is 1.94 bits per heavy atom. The molecule has 0 saturated carbocycles. The summed E-state index contributed by atoms with van der Waals surface area (Å²) in [4.78, 5) is 10.7. The van der Waals surface area contributed by atoms with Crippen LogP contribution in [0.4, 0.5) is 0 Å². The summed E-state index contributed by atoms with van der Waals surface area (Å²) in [6.07, 6.45) is 0.482. The summed E-state index contributed by atoms with van der Waals surface area (Å²) in [6, 6.07) is 5.43. The summed E-state index contributed by atoms with van der Waals surface area (Å²) in [6.45, 7) is 1.68. The lowest BCUT2D eigenvalue weighted by molar-refractivity contribution is -0.141. The van der Waals surface area contributed by atoms with Crippen LogP contribution in [0.2, 0.25) is 0 Å². The Bertz CT molecular complexity index is 373. The molecule has 4 nitrogen and oxygen atoms in total. The van der Waals surface area contributed by atoms with Gasteiger partial charge in [-0.1, -0.05) is 13.0 Å². The van der Waals surface area contributed by atoms with Crippen molar-refractivity contribution in [2.75, 3.05) is 14.2 Å². The van der Waals surface area contributed by atoms with Gasteiger partial charge in [-0.2, -0.15) is 0 Å². The average Bonchev–Trinajstić information content (AvgIpc) is 2.28. The summed E-state index contributed by atoms with van der Waals surface area (Å²) < 4.78 is 10.2. The molecule has 0 saturated heterocycles. The van der Waals surface area contributed by atoms with Gasteiger partial charge < -0.3 is 14.6 Å². The van der Waals surface area contributed by atoms with Crippen LogP contribution >= 0.6 is 0 Å². The Morgan fingerprint density at radius 1 is 1.31 bits per heavy atom. The van der Waals surface area contributed by atoms with E-state index in [2.05, 4.69) is 0 Å². The number of benzene rings is 1. The molecule has 0 aromatic heterocycles. The van der Waals surface area contributed by atoms with Crippen molar-refractivity contribution in [3.8, 4) is 11.5 Å². The van der Waals surface area contributed by atoms with Crippen LogP contribution in [0.15, 0.2) is 18.2 Å². The lowest BCUT2D eigenvalue weighted by Gasteiger charge is -2.11. The fourth-order valence-corrected chi connectivity index (χ4v) is 1.45. The van der Waals surface area contributed by atoms with E-state index in [1.807, 2.05) is 6.07 Å². The van der Waals surface area contributed by atoms with Crippen molar-refractivity contribution in [2.45, 2.75) is 13.3 Å². The van der Waals surface area contributed by atoms with E-state index < -0.39 is 11.9 Å². The summed E-state index contributed by atoms with van der Waals surface area (Å²) in [5.74, 6) is 0.0692. The quantitative estimate of drug-likeness (QED) is 0.830. The highest BCUT2D eigenvalue weighted by Crippen LogP contribution is 2.28. The number of ether oxygens (including phenoxy) is 2. The maximum Gasteiger partial charge on any atom is 0.306 e. The number of rotatable bonds is 5. The molecule has 1 atom stereocenters. The number of hydrogen-bond donors (Lipinski definition) is 1. The van der Waals surface area contributed by atoms with Gasteiger partial charge in [-0.3, -0.25) is 4.79 Å². The number of carbonyl (C=O) groups is 1. The Hall–Kier alpha value is -1.71. The first kappa shape index (κ1) is 12.4. The van der Waals surface area contributed by atoms with Crippen LogP contribution in [-0.4, -0.2) is 25.3 Å². The average molecular weight is 224 g/mol. The third kappa shape index (κ3) is 2.89. The highest BCUT2D eigenvalue weighted by molar-refractivity contribution is 5.70. The third-order valence-corrected chi connectivity index (χ3v) is 2.41. The summed E-state index contributed by atoms with van der Waals surface area (Å²) in [7, 11) is 3.12. The minimum atomic E-state index is -0.796. The smallest absolute Gasteiger partial charge is 0.306 e. The van der Waals surface area contributed by atoms with Crippen LogP contribution in [0.1, 0.15) is 12.5 Å². The molecule has 1 aromatic rings. The number of carboxylic acid groups (broad SMARTS) is 1. The maximum atomic E-state index is 10.7. The van der Waals surface area contributed by atoms with Crippen LogP contribution in [0.3, 0.4) is 0 Å². The lowest BCUT2D eigenvalue weighted by atomic mass is 10.0. The van der Waals surface area contributed by atoms with E-state index in [-0.39, 0.29) is 0 Å². The van der Waals surface area contributed by atoms with Gasteiger partial charge in [0, 0.05) is 0 Å². The molecule has 0 fully saturated rings. The summed E-state index contributed by atoms with van der Waals surface area (Å²) >= 11 is 0. The van der Waals surface area contributed by atoms with Crippen LogP contribution in [0.25, 0.3) is 0 Å². The molecule has 1 N–H and O–H groups in total. The number of hydrogen-bond acceptors (Lipinski definition) is 3. The van der Waals surface area contributed by atoms with Gasteiger partial charge in [0.05, 0.1) is 20.1 Å². The zero-order chi connectivity index (χ0) is 12.1. The minimum absolute atomic E-state index is 0.405. The highest BCUT2D eigenvalue weighted by Gasteiger charge is 2.13. The van der Waals surface area contributed by atoms with Crippen molar-refractivity contribution in [3.05, 3.63) is 23.8 Å². The second-order valence-corrected chi connectivity index (χ2v) is 3.63. The predicted molar refractivity (Wildman–Crippen MR) is 60.0 cm³/mol. The van der Waals surface area contributed by atoms with Crippen molar-refractivity contribution in [2.24, 2.45) is 5.92 Å². The summed E-state index contributed by atoms with van der Waals surface area (Å²) in [5.41, 5.74) is 0.924. The van der Waals surface area contributed by atoms with Crippen molar-refractivity contribution >= 4 is 5.97 Å². The molecule has 0 aliphatic carbocycles. The molecular weight excluding hydrogens is 208 g/mol. The van der Waals surface area contributed by atoms with Crippen molar-refractivity contribution in [1.29, 1.82) is 0 Å². The molecule has 88 valence electrons. The van der Waals surface area contributed by atoms with Gasteiger partial charge >= 0.3 is 5.97 Å². The predicted octanol–water partition coefficient (Wildman–Crippen LogP) is 1.97. The van der Waals surface area contributed by atoms with Gasteiger partial charge in [0.25, 0.3) is 0 Å². The van der Waals surface area contributed by atoms with Gasteiger partial charge in [0.2, 0.25) is 0 Å². The molecule has 0 bridgehead atoms. The molecule has 1 rings (SSSR count). The lowest BCUT2D eigenvalue weighted by Crippen LogP contribution is -2.12. The van der Waals surface area contributed by atoms with Crippen molar-refractivity contribution < 1.29 is 19.4 Å². The van der Waals surface area contributed by atoms with Crippen molar-refractivity contribution in [3.63, 3.8) is 0 Å². The standard InChI is InChI=1S/C12H16O4/c1-8(12(13)14)6-9-4-5-10(15-2)11(7-9)16-3/h4-5,7-8H,6H2,1-3H3,(H,13,14)/t8-/m1/s1. The van der Waals surface area contributed by atoms with E-state index in [1.54, 1.807) is 33.3 Å². The number of carboxylic acids is 1. The van der Waals surface area contributed by atoms with E-state index in [1.165, 1.54) is 0 Å². The van der Waals surface area contributed by atoms with Gasteiger partial charge in [-0.25, -0.2) is 0 Å². The van der Waals surface area contributed by atoms with E-state index in [4.69, 9.17) is 14.6 Å². The second-order valence-electron chi connectivity index (χ2n) is 3.63. The minimum Gasteiger partial charge on any atom is -0.493 e. The molecule has 4 heteroatoms. The highest BCUT2D eigenvalue weighted by atomic mass is 16.5. The first-order chi connectivity index (χ1) is 7.58. The first-order valence-electron chi connectivity index (χ1n) is 5.02. The Kier molecular flexibility index (Phi) is 4.17. The van der Waals surface area contributed by atoms with Gasteiger partial charge in [0.1, 0.15) is 0 Å². The Labute approximate surface area is 94.8 Å².